The van der Waals surface area contributed by atoms with Crippen molar-refractivity contribution in [1.82, 2.24) is 10.2 Å². The average Bonchev–Trinajstić information content (AvgIpc) is 3.04. The predicted molar refractivity (Wildman–Crippen MR) is 105 cm³/mol. The molecule has 7 heteroatoms. The molecule has 1 aromatic carbocycles. The molecule has 5 nitrogen and oxygen atoms in total. The van der Waals surface area contributed by atoms with Crippen molar-refractivity contribution in [2.75, 3.05) is 6.54 Å². The van der Waals surface area contributed by atoms with Crippen molar-refractivity contribution in [2.45, 2.75) is 16.9 Å². The number of hydrogen-bond donors (Lipinski definition) is 1. The van der Waals surface area contributed by atoms with Crippen molar-refractivity contribution in [3.8, 4) is 0 Å². The van der Waals surface area contributed by atoms with Gasteiger partial charge < -0.3 is 4.42 Å². The zero-order chi connectivity index (χ0) is 18.7. The van der Waals surface area contributed by atoms with Gasteiger partial charge in [0, 0.05) is 11.4 Å². The summed E-state index contributed by atoms with van der Waals surface area (Å²) in [5, 5.41) is 3.25. The molecule has 1 aromatic heterocycles. The highest BCUT2D eigenvalue weighted by Crippen LogP contribution is 2.30. The van der Waals surface area contributed by atoms with E-state index in [2.05, 4.69) is 11.9 Å². The van der Waals surface area contributed by atoms with Crippen LogP contribution in [0.4, 0.5) is 0 Å². The summed E-state index contributed by atoms with van der Waals surface area (Å²) in [6.45, 7) is 5.84. The summed E-state index contributed by atoms with van der Waals surface area (Å²) in [6, 6.07) is 11.6. The second kappa shape index (κ2) is 7.72. The molecule has 1 aliphatic rings. The number of rotatable bonds is 5. The molecule has 1 fully saturated rings. The number of aryl methyl sites for hydroxylation is 1. The maximum Gasteiger partial charge on any atom is 0.266 e. The summed E-state index contributed by atoms with van der Waals surface area (Å²) in [4.78, 5) is 26.9. The van der Waals surface area contributed by atoms with Crippen LogP contribution in [0.15, 0.2) is 69.0 Å². The molecule has 0 spiro atoms. The molecular weight excluding hydrogens is 368 g/mol. The summed E-state index contributed by atoms with van der Waals surface area (Å²) in [5.41, 5.74) is 1.16. The number of nitrogens with one attached hydrogen (secondary N) is 1. The van der Waals surface area contributed by atoms with E-state index in [1.54, 1.807) is 18.2 Å². The van der Waals surface area contributed by atoms with Crippen molar-refractivity contribution in [3.63, 3.8) is 0 Å². The lowest BCUT2D eigenvalue weighted by atomic mass is 10.1. The van der Waals surface area contributed by atoms with E-state index >= 15 is 0 Å². The molecule has 2 aromatic rings. The van der Waals surface area contributed by atoms with Crippen molar-refractivity contribution in [2.24, 2.45) is 0 Å². The highest BCUT2D eigenvalue weighted by atomic mass is 32.2. The Hall–Kier alpha value is -2.64. The quantitative estimate of drug-likeness (QED) is 0.370. The van der Waals surface area contributed by atoms with Gasteiger partial charge in [0.05, 0.1) is 0 Å². The lowest BCUT2D eigenvalue weighted by Crippen LogP contribution is -2.53. The summed E-state index contributed by atoms with van der Waals surface area (Å²) in [6.07, 6.45) is 2.97. The van der Waals surface area contributed by atoms with E-state index in [-0.39, 0.29) is 17.2 Å². The minimum atomic E-state index is -0.538. The van der Waals surface area contributed by atoms with Crippen molar-refractivity contribution in [1.29, 1.82) is 0 Å². The molecule has 0 unspecified atom stereocenters. The van der Waals surface area contributed by atoms with Crippen LogP contribution in [0.2, 0.25) is 0 Å². The normalized spacial score (nSPS) is 16.1. The molecule has 0 aliphatic carbocycles. The zero-order valence-corrected chi connectivity index (χ0v) is 15.7. The predicted octanol–water partition coefficient (Wildman–Crippen LogP) is 3.55. The monoisotopic (exact) mass is 384 g/mol. The van der Waals surface area contributed by atoms with Gasteiger partial charge in [-0.3, -0.25) is 19.8 Å². The molecule has 2 amide bonds. The van der Waals surface area contributed by atoms with E-state index in [1.165, 1.54) is 28.3 Å². The topological polar surface area (TPSA) is 62.6 Å². The van der Waals surface area contributed by atoms with Gasteiger partial charge in [0.25, 0.3) is 11.8 Å². The van der Waals surface area contributed by atoms with E-state index in [4.69, 9.17) is 16.6 Å². The number of carbonyl (C=O) groups is 2. The van der Waals surface area contributed by atoms with Gasteiger partial charge in [-0.25, -0.2) is 0 Å². The molecule has 132 valence electrons. The van der Waals surface area contributed by atoms with Crippen LogP contribution < -0.4 is 5.32 Å². The van der Waals surface area contributed by atoms with Gasteiger partial charge in [-0.1, -0.05) is 35.5 Å². The average molecular weight is 384 g/mol. The van der Waals surface area contributed by atoms with Gasteiger partial charge in [0.15, 0.2) is 10.2 Å². The molecular formula is C19H16N2O3S2. The molecule has 3 rings (SSSR count). The first-order valence-electron chi connectivity index (χ1n) is 7.82. The Labute approximate surface area is 160 Å². The Bertz CT molecular complexity index is 913. The summed E-state index contributed by atoms with van der Waals surface area (Å²) in [7, 11) is 0. The Balaban J connectivity index is 1.80. The minimum Gasteiger partial charge on any atom is -0.450 e. The third-order valence-corrected chi connectivity index (χ3v) is 4.88. The van der Waals surface area contributed by atoms with E-state index < -0.39 is 11.8 Å². The molecule has 26 heavy (non-hydrogen) atoms. The van der Waals surface area contributed by atoms with Crippen LogP contribution in [-0.4, -0.2) is 28.4 Å². The van der Waals surface area contributed by atoms with Gasteiger partial charge in [-0.15, -0.1) is 6.58 Å². The van der Waals surface area contributed by atoms with Gasteiger partial charge in [-0.2, -0.15) is 0 Å². The highest BCUT2D eigenvalue weighted by Gasteiger charge is 2.32. The van der Waals surface area contributed by atoms with E-state index in [9.17, 15) is 9.59 Å². The SMILES string of the molecule is C=CCN1C(=O)C(=Cc2ccc(Sc3ccc(C)cc3)o2)C(=O)NC1=S. The first-order chi connectivity index (χ1) is 12.5. The summed E-state index contributed by atoms with van der Waals surface area (Å²) in [5.74, 6) is -0.586. The second-order valence-electron chi connectivity index (χ2n) is 5.59. The zero-order valence-electron chi connectivity index (χ0n) is 14.0. The first kappa shape index (κ1) is 18.2. The smallest absolute Gasteiger partial charge is 0.266 e. The minimum absolute atomic E-state index is 0.0262. The third kappa shape index (κ3) is 3.95. The standard InChI is InChI=1S/C19H16N2O3S2/c1-3-10-21-18(23)15(17(22)20-19(21)25)11-13-6-9-16(24-13)26-14-7-4-12(2)5-8-14/h3-9,11H,1,10H2,2H3,(H,20,22,25). The lowest BCUT2D eigenvalue weighted by molar-refractivity contribution is -0.128. The van der Waals surface area contributed by atoms with Crippen LogP contribution in [0.5, 0.6) is 0 Å². The number of thiocarbonyl (C=S) groups is 1. The van der Waals surface area contributed by atoms with Crippen LogP contribution in [0.25, 0.3) is 6.08 Å². The lowest BCUT2D eigenvalue weighted by Gasteiger charge is -2.27. The number of carbonyl (C=O) groups excluding carboxylic acids is 2. The van der Waals surface area contributed by atoms with Gasteiger partial charge in [0.2, 0.25) is 0 Å². The highest BCUT2D eigenvalue weighted by molar-refractivity contribution is 7.99. The number of nitrogens with zero attached hydrogens (tertiary/aromatic N) is 1. The molecule has 2 heterocycles. The molecule has 0 atom stereocenters. The van der Waals surface area contributed by atoms with Crippen LogP contribution in [0, 0.1) is 6.92 Å². The molecule has 0 bridgehead atoms. The maximum atomic E-state index is 12.5. The Morgan fingerprint density at radius 1 is 1.23 bits per heavy atom. The summed E-state index contributed by atoms with van der Waals surface area (Å²) < 4.78 is 5.72. The number of furan rings is 1. The Morgan fingerprint density at radius 3 is 2.65 bits per heavy atom. The molecule has 1 N–H and O–H groups in total. The fourth-order valence-electron chi connectivity index (χ4n) is 2.32. The second-order valence-corrected chi connectivity index (χ2v) is 7.06. The van der Waals surface area contributed by atoms with Crippen molar-refractivity contribution in [3.05, 3.63) is 65.9 Å². The van der Waals surface area contributed by atoms with Crippen molar-refractivity contribution >= 4 is 47.0 Å². The number of amides is 2. The van der Waals surface area contributed by atoms with Gasteiger partial charge >= 0.3 is 0 Å². The Morgan fingerprint density at radius 2 is 1.96 bits per heavy atom. The number of hydrogen-bond acceptors (Lipinski definition) is 5. The van der Waals surface area contributed by atoms with Crippen LogP contribution >= 0.6 is 24.0 Å². The van der Waals surface area contributed by atoms with Crippen LogP contribution in [-0.2, 0) is 9.59 Å². The Kier molecular flexibility index (Phi) is 5.39. The van der Waals surface area contributed by atoms with E-state index in [0.717, 1.165) is 4.90 Å². The summed E-state index contributed by atoms with van der Waals surface area (Å²) >= 11 is 6.49. The third-order valence-electron chi connectivity index (χ3n) is 3.63. The van der Waals surface area contributed by atoms with Crippen molar-refractivity contribution < 1.29 is 14.0 Å². The largest absolute Gasteiger partial charge is 0.450 e. The van der Waals surface area contributed by atoms with Crippen LogP contribution in [0.1, 0.15) is 11.3 Å². The van der Waals surface area contributed by atoms with E-state index in [0.29, 0.717) is 10.9 Å². The first-order valence-corrected chi connectivity index (χ1v) is 9.04. The number of benzene rings is 1. The molecule has 0 saturated carbocycles. The molecule has 1 aliphatic heterocycles. The maximum absolute atomic E-state index is 12.5. The fourth-order valence-corrected chi connectivity index (χ4v) is 3.35. The fraction of sp³-hybridized carbons (Fsp3) is 0.105. The molecule has 1 saturated heterocycles. The van der Waals surface area contributed by atoms with Gasteiger partial charge in [0.1, 0.15) is 11.3 Å². The molecule has 0 radical (unpaired) electrons. The van der Waals surface area contributed by atoms with E-state index in [1.807, 2.05) is 31.2 Å². The van der Waals surface area contributed by atoms with Gasteiger partial charge in [-0.05, 0) is 49.5 Å². The van der Waals surface area contributed by atoms with Crippen LogP contribution in [0.3, 0.4) is 0 Å².